The summed E-state index contributed by atoms with van der Waals surface area (Å²) in [4.78, 5) is 10.9. The standard InChI is InChI=1S/C12H23NO3/c1-11(2,3)12(13-10(15)16)6-4-9(8-14)5-7-12/h9,13-14H,4-8H2,1-3H3,(H,15,16). The molecule has 0 radical (unpaired) electrons. The summed E-state index contributed by atoms with van der Waals surface area (Å²) in [6.45, 7) is 6.43. The third kappa shape index (κ3) is 2.67. The first-order valence-electron chi connectivity index (χ1n) is 5.93. The van der Waals surface area contributed by atoms with Gasteiger partial charge in [0.05, 0.1) is 0 Å². The monoisotopic (exact) mass is 229 g/mol. The van der Waals surface area contributed by atoms with Crippen molar-refractivity contribution in [2.75, 3.05) is 6.61 Å². The van der Waals surface area contributed by atoms with Crippen molar-refractivity contribution >= 4 is 6.09 Å². The van der Waals surface area contributed by atoms with E-state index in [0.29, 0.717) is 5.92 Å². The molecule has 3 N–H and O–H groups in total. The van der Waals surface area contributed by atoms with Crippen molar-refractivity contribution in [2.24, 2.45) is 11.3 Å². The van der Waals surface area contributed by atoms with Crippen molar-refractivity contribution in [1.82, 2.24) is 5.32 Å². The van der Waals surface area contributed by atoms with Crippen LogP contribution < -0.4 is 5.32 Å². The van der Waals surface area contributed by atoms with Crippen LogP contribution in [0.15, 0.2) is 0 Å². The molecule has 0 spiro atoms. The summed E-state index contributed by atoms with van der Waals surface area (Å²) >= 11 is 0. The summed E-state index contributed by atoms with van der Waals surface area (Å²) in [7, 11) is 0. The molecule has 16 heavy (non-hydrogen) atoms. The minimum atomic E-state index is -0.947. The highest BCUT2D eigenvalue weighted by molar-refractivity contribution is 5.65. The first-order chi connectivity index (χ1) is 7.31. The van der Waals surface area contributed by atoms with E-state index in [9.17, 15) is 4.79 Å². The van der Waals surface area contributed by atoms with Crippen molar-refractivity contribution in [3.63, 3.8) is 0 Å². The smallest absolute Gasteiger partial charge is 0.405 e. The van der Waals surface area contributed by atoms with E-state index >= 15 is 0 Å². The molecule has 0 bridgehead atoms. The number of aliphatic hydroxyl groups is 1. The molecule has 4 heteroatoms. The van der Waals surface area contributed by atoms with Gasteiger partial charge in [-0.2, -0.15) is 0 Å². The predicted octanol–water partition coefficient (Wildman–Crippen LogP) is 2.22. The number of carbonyl (C=O) groups is 1. The van der Waals surface area contributed by atoms with Crippen LogP contribution in [-0.2, 0) is 0 Å². The minimum Gasteiger partial charge on any atom is -0.465 e. The van der Waals surface area contributed by atoms with Gasteiger partial charge in [0.2, 0.25) is 0 Å². The molecular formula is C12H23NO3. The van der Waals surface area contributed by atoms with Crippen molar-refractivity contribution < 1.29 is 15.0 Å². The molecule has 1 aliphatic rings. The van der Waals surface area contributed by atoms with E-state index in [1.165, 1.54) is 0 Å². The van der Waals surface area contributed by atoms with Crippen LogP contribution in [-0.4, -0.2) is 28.5 Å². The molecule has 0 aromatic heterocycles. The zero-order valence-corrected chi connectivity index (χ0v) is 10.4. The Morgan fingerprint density at radius 1 is 1.38 bits per heavy atom. The maximum Gasteiger partial charge on any atom is 0.405 e. The SMILES string of the molecule is CC(C)(C)C1(NC(=O)O)CCC(CO)CC1. The highest BCUT2D eigenvalue weighted by Gasteiger charge is 2.45. The van der Waals surface area contributed by atoms with E-state index in [1.54, 1.807) is 0 Å². The van der Waals surface area contributed by atoms with Crippen LogP contribution in [0.3, 0.4) is 0 Å². The van der Waals surface area contributed by atoms with E-state index in [1.807, 2.05) is 0 Å². The lowest BCUT2D eigenvalue weighted by Crippen LogP contribution is -2.58. The molecule has 1 fully saturated rings. The van der Waals surface area contributed by atoms with E-state index in [0.717, 1.165) is 25.7 Å². The van der Waals surface area contributed by atoms with Gasteiger partial charge in [-0.1, -0.05) is 20.8 Å². The fourth-order valence-corrected chi connectivity index (χ4v) is 2.62. The quantitative estimate of drug-likeness (QED) is 0.680. The molecular weight excluding hydrogens is 206 g/mol. The summed E-state index contributed by atoms with van der Waals surface area (Å²) < 4.78 is 0. The average Bonchev–Trinajstić information content (AvgIpc) is 2.16. The molecule has 1 saturated carbocycles. The molecule has 0 heterocycles. The van der Waals surface area contributed by atoms with Crippen LogP contribution in [0.1, 0.15) is 46.5 Å². The number of rotatable bonds is 2. The first kappa shape index (κ1) is 13.3. The Balaban J connectivity index is 2.79. The predicted molar refractivity (Wildman–Crippen MR) is 62.4 cm³/mol. The zero-order valence-electron chi connectivity index (χ0n) is 10.4. The minimum absolute atomic E-state index is 0.0915. The lowest BCUT2D eigenvalue weighted by Gasteiger charge is -2.48. The van der Waals surface area contributed by atoms with Crippen molar-refractivity contribution in [3.8, 4) is 0 Å². The van der Waals surface area contributed by atoms with Gasteiger partial charge in [0.15, 0.2) is 0 Å². The zero-order chi connectivity index (χ0) is 12.4. The first-order valence-corrected chi connectivity index (χ1v) is 5.93. The fraction of sp³-hybridized carbons (Fsp3) is 0.917. The van der Waals surface area contributed by atoms with Gasteiger partial charge in [0.25, 0.3) is 0 Å². The Bertz CT molecular complexity index is 249. The van der Waals surface area contributed by atoms with E-state index in [2.05, 4.69) is 26.1 Å². The van der Waals surface area contributed by atoms with Crippen LogP contribution in [0.25, 0.3) is 0 Å². The number of nitrogens with one attached hydrogen (secondary N) is 1. The van der Waals surface area contributed by atoms with Crippen LogP contribution >= 0.6 is 0 Å². The summed E-state index contributed by atoms with van der Waals surface area (Å²) in [6, 6.07) is 0. The Labute approximate surface area is 97.0 Å². The number of carboxylic acid groups (broad SMARTS) is 1. The third-order valence-corrected chi connectivity index (χ3v) is 4.00. The topological polar surface area (TPSA) is 69.6 Å². The molecule has 94 valence electrons. The third-order valence-electron chi connectivity index (χ3n) is 4.00. The summed E-state index contributed by atoms with van der Waals surface area (Å²) in [6.07, 6.45) is 2.47. The van der Waals surface area contributed by atoms with Crippen molar-refractivity contribution in [2.45, 2.75) is 52.0 Å². The molecule has 0 saturated heterocycles. The van der Waals surface area contributed by atoms with Gasteiger partial charge in [-0.3, -0.25) is 0 Å². The van der Waals surface area contributed by atoms with Gasteiger partial charge in [-0.25, -0.2) is 4.79 Å². The van der Waals surface area contributed by atoms with E-state index in [4.69, 9.17) is 10.2 Å². The lowest BCUT2D eigenvalue weighted by atomic mass is 9.63. The highest BCUT2D eigenvalue weighted by Crippen LogP contribution is 2.43. The second kappa shape index (κ2) is 4.62. The summed E-state index contributed by atoms with van der Waals surface area (Å²) in [5, 5.41) is 20.8. The maximum atomic E-state index is 10.9. The average molecular weight is 229 g/mol. The second-order valence-corrected chi connectivity index (χ2v) is 5.89. The van der Waals surface area contributed by atoms with Crippen LogP contribution in [0, 0.1) is 11.3 Å². The Kier molecular flexibility index (Phi) is 3.84. The van der Waals surface area contributed by atoms with Gasteiger partial charge in [0.1, 0.15) is 0 Å². The lowest BCUT2D eigenvalue weighted by molar-refractivity contribution is 0.0540. The Morgan fingerprint density at radius 2 is 1.88 bits per heavy atom. The maximum absolute atomic E-state index is 10.9. The van der Waals surface area contributed by atoms with Crippen LogP contribution in [0.2, 0.25) is 0 Å². The number of amides is 1. The molecule has 0 atom stereocenters. The molecule has 1 amide bonds. The second-order valence-electron chi connectivity index (χ2n) is 5.89. The van der Waals surface area contributed by atoms with Gasteiger partial charge in [0, 0.05) is 12.1 Å². The normalized spacial score (nSPS) is 31.1. The van der Waals surface area contributed by atoms with Gasteiger partial charge in [-0.05, 0) is 37.0 Å². The van der Waals surface area contributed by atoms with E-state index < -0.39 is 6.09 Å². The highest BCUT2D eigenvalue weighted by atomic mass is 16.4. The largest absolute Gasteiger partial charge is 0.465 e. The van der Waals surface area contributed by atoms with Crippen molar-refractivity contribution in [3.05, 3.63) is 0 Å². The molecule has 0 aromatic rings. The summed E-state index contributed by atoms with van der Waals surface area (Å²) in [5.74, 6) is 0.339. The van der Waals surface area contributed by atoms with Gasteiger partial charge in [-0.15, -0.1) is 0 Å². The number of aliphatic hydroxyl groups excluding tert-OH is 1. The van der Waals surface area contributed by atoms with Gasteiger partial charge >= 0.3 is 6.09 Å². The van der Waals surface area contributed by atoms with Crippen molar-refractivity contribution in [1.29, 1.82) is 0 Å². The van der Waals surface area contributed by atoms with Gasteiger partial charge < -0.3 is 15.5 Å². The molecule has 0 unspecified atom stereocenters. The molecule has 1 rings (SSSR count). The molecule has 4 nitrogen and oxygen atoms in total. The molecule has 1 aliphatic carbocycles. The van der Waals surface area contributed by atoms with Crippen LogP contribution in [0.4, 0.5) is 4.79 Å². The Morgan fingerprint density at radius 3 is 2.19 bits per heavy atom. The molecule has 0 aromatic carbocycles. The molecule has 0 aliphatic heterocycles. The number of hydrogen-bond donors (Lipinski definition) is 3. The van der Waals surface area contributed by atoms with E-state index in [-0.39, 0.29) is 17.6 Å². The summed E-state index contributed by atoms with van der Waals surface area (Å²) in [5.41, 5.74) is -0.434. The fourth-order valence-electron chi connectivity index (χ4n) is 2.62. The Hall–Kier alpha value is -0.770. The number of hydrogen-bond acceptors (Lipinski definition) is 2. The van der Waals surface area contributed by atoms with Crippen LogP contribution in [0.5, 0.6) is 0 Å².